The fourth-order valence-corrected chi connectivity index (χ4v) is 4.24. The van der Waals surface area contributed by atoms with Crippen LogP contribution in [0.15, 0.2) is 30.6 Å². The highest BCUT2D eigenvalue weighted by molar-refractivity contribution is 5.88. The average Bonchev–Trinajstić information content (AvgIpc) is 3.34. The number of benzene rings is 1. The molecular formula is C24H21F6N7O. The first-order chi connectivity index (χ1) is 17.9. The van der Waals surface area contributed by atoms with E-state index in [-0.39, 0.29) is 41.0 Å². The van der Waals surface area contributed by atoms with E-state index in [0.717, 1.165) is 12.1 Å². The van der Waals surface area contributed by atoms with Crippen molar-refractivity contribution in [2.24, 2.45) is 0 Å². The standard InChI is InChI=1S/C24H21F6N7O/c1-11-8-36(10-18(38-11)14-7-31-37(9-14)22(26)27)23-34-19(20-21(35-23)33-13(3)12(2)32-20)16-5-4-15(6-17(16)25)24(28,29)30/h4-7,9,11,18,22H,8,10H2,1-3H3/t11-,18-/m0/s1. The molecule has 14 heteroatoms. The van der Waals surface area contributed by atoms with Gasteiger partial charge in [0.2, 0.25) is 5.95 Å². The van der Waals surface area contributed by atoms with Crippen LogP contribution in [0.3, 0.4) is 0 Å². The van der Waals surface area contributed by atoms with Gasteiger partial charge in [0.05, 0.1) is 35.8 Å². The van der Waals surface area contributed by atoms with Crippen molar-refractivity contribution >= 4 is 17.1 Å². The molecule has 200 valence electrons. The van der Waals surface area contributed by atoms with Gasteiger partial charge in [-0.15, -0.1) is 0 Å². The van der Waals surface area contributed by atoms with Gasteiger partial charge in [0.25, 0.3) is 0 Å². The quantitative estimate of drug-likeness (QED) is 0.322. The van der Waals surface area contributed by atoms with E-state index in [1.54, 1.807) is 25.7 Å². The molecule has 8 nitrogen and oxygen atoms in total. The van der Waals surface area contributed by atoms with Crippen LogP contribution in [0, 0.1) is 19.7 Å². The van der Waals surface area contributed by atoms with Crippen LogP contribution in [0.25, 0.3) is 22.4 Å². The molecular weight excluding hydrogens is 516 g/mol. The summed E-state index contributed by atoms with van der Waals surface area (Å²) in [5.41, 5.74) is 0.424. The Morgan fingerprint density at radius 2 is 1.76 bits per heavy atom. The molecule has 0 unspecified atom stereocenters. The lowest BCUT2D eigenvalue weighted by Crippen LogP contribution is -2.43. The van der Waals surface area contributed by atoms with Gasteiger partial charge in [-0.2, -0.15) is 32.0 Å². The van der Waals surface area contributed by atoms with Crippen molar-refractivity contribution in [2.45, 2.75) is 45.7 Å². The second-order valence-electron chi connectivity index (χ2n) is 9.00. The van der Waals surface area contributed by atoms with Gasteiger partial charge in [-0.1, -0.05) is 0 Å². The van der Waals surface area contributed by atoms with E-state index in [9.17, 15) is 22.0 Å². The molecule has 1 aliphatic heterocycles. The molecule has 1 saturated heterocycles. The Bertz CT molecular complexity index is 1510. The molecule has 2 atom stereocenters. The van der Waals surface area contributed by atoms with Gasteiger partial charge in [-0.25, -0.2) is 24.0 Å². The van der Waals surface area contributed by atoms with E-state index in [1.807, 2.05) is 0 Å². The number of aryl methyl sites for hydroxylation is 2. The van der Waals surface area contributed by atoms with Gasteiger partial charge >= 0.3 is 12.7 Å². The lowest BCUT2D eigenvalue weighted by molar-refractivity contribution is -0.137. The van der Waals surface area contributed by atoms with E-state index in [1.165, 1.54) is 12.4 Å². The van der Waals surface area contributed by atoms with Crippen LogP contribution in [0.2, 0.25) is 0 Å². The number of hydrogen-bond donors (Lipinski definition) is 0. The molecule has 0 aliphatic carbocycles. The maximum absolute atomic E-state index is 15.0. The number of fused-ring (bicyclic) bond motifs is 1. The van der Waals surface area contributed by atoms with E-state index in [0.29, 0.717) is 34.2 Å². The minimum atomic E-state index is -4.72. The number of nitrogens with zero attached hydrogens (tertiary/aromatic N) is 7. The number of alkyl halides is 5. The number of morpholine rings is 1. The van der Waals surface area contributed by atoms with E-state index in [4.69, 9.17) is 4.74 Å². The predicted octanol–water partition coefficient (Wildman–Crippen LogP) is 5.42. The third-order valence-electron chi connectivity index (χ3n) is 6.22. The number of rotatable bonds is 4. The highest BCUT2D eigenvalue weighted by Crippen LogP contribution is 2.35. The van der Waals surface area contributed by atoms with E-state index < -0.39 is 30.2 Å². The Kier molecular flexibility index (Phi) is 6.45. The lowest BCUT2D eigenvalue weighted by atomic mass is 10.1. The van der Waals surface area contributed by atoms with E-state index >= 15 is 4.39 Å². The Morgan fingerprint density at radius 1 is 1.03 bits per heavy atom. The number of aromatic nitrogens is 6. The summed E-state index contributed by atoms with van der Waals surface area (Å²) in [5, 5.41) is 3.66. The fourth-order valence-electron chi connectivity index (χ4n) is 4.24. The third kappa shape index (κ3) is 4.87. The first-order valence-electron chi connectivity index (χ1n) is 11.5. The highest BCUT2D eigenvalue weighted by Gasteiger charge is 2.33. The predicted molar refractivity (Wildman–Crippen MR) is 124 cm³/mol. The first-order valence-corrected chi connectivity index (χ1v) is 11.5. The molecule has 38 heavy (non-hydrogen) atoms. The summed E-state index contributed by atoms with van der Waals surface area (Å²) < 4.78 is 87.0. The molecule has 5 rings (SSSR count). The Morgan fingerprint density at radius 3 is 2.42 bits per heavy atom. The Labute approximate surface area is 212 Å². The summed E-state index contributed by atoms with van der Waals surface area (Å²) in [6.07, 6.45) is -3.27. The molecule has 0 spiro atoms. The molecule has 4 aromatic rings. The monoisotopic (exact) mass is 537 g/mol. The number of hydrogen-bond acceptors (Lipinski definition) is 7. The van der Waals surface area contributed by atoms with Crippen molar-refractivity contribution in [1.29, 1.82) is 0 Å². The topological polar surface area (TPSA) is 81.9 Å². The normalized spacial score (nSPS) is 18.5. The number of halogens is 6. The molecule has 4 heterocycles. The summed E-state index contributed by atoms with van der Waals surface area (Å²) >= 11 is 0. The van der Waals surface area contributed by atoms with Gasteiger partial charge in [0, 0.05) is 23.9 Å². The van der Waals surface area contributed by atoms with Crippen LogP contribution in [0.5, 0.6) is 0 Å². The molecule has 0 amide bonds. The highest BCUT2D eigenvalue weighted by atomic mass is 19.4. The third-order valence-corrected chi connectivity index (χ3v) is 6.22. The van der Waals surface area contributed by atoms with Crippen LogP contribution < -0.4 is 4.90 Å². The number of anilines is 1. The van der Waals surface area contributed by atoms with Crippen LogP contribution in [0.1, 0.15) is 42.1 Å². The van der Waals surface area contributed by atoms with Crippen molar-refractivity contribution in [2.75, 3.05) is 18.0 Å². The lowest BCUT2D eigenvalue weighted by Gasteiger charge is -2.36. The second kappa shape index (κ2) is 9.49. The summed E-state index contributed by atoms with van der Waals surface area (Å²) in [6.45, 7) is 2.83. The molecule has 1 fully saturated rings. The molecule has 0 saturated carbocycles. The summed E-state index contributed by atoms with van der Waals surface area (Å²) in [4.78, 5) is 19.6. The van der Waals surface area contributed by atoms with Crippen molar-refractivity contribution in [3.8, 4) is 11.3 Å². The summed E-state index contributed by atoms with van der Waals surface area (Å²) in [7, 11) is 0. The summed E-state index contributed by atoms with van der Waals surface area (Å²) in [5.74, 6) is -1.01. The largest absolute Gasteiger partial charge is 0.416 e. The van der Waals surface area contributed by atoms with Crippen molar-refractivity contribution < 1.29 is 31.1 Å². The SMILES string of the molecule is Cc1nc2nc(N3C[C@@H](c4cnn(C(F)F)c4)O[C@@H](C)C3)nc(-c3ccc(C(F)(F)F)cc3F)c2nc1C. The van der Waals surface area contributed by atoms with Gasteiger partial charge in [-0.05, 0) is 39.0 Å². The minimum Gasteiger partial charge on any atom is -0.367 e. The van der Waals surface area contributed by atoms with Crippen molar-refractivity contribution in [3.05, 3.63) is 58.9 Å². The first kappa shape index (κ1) is 25.8. The second-order valence-corrected chi connectivity index (χ2v) is 9.00. The molecule has 0 N–H and O–H groups in total. The van der Waals surface area contributed by atoms with Gasteiger partial charge in [0.15, 0.2) is 5.65 Å². The maximum Gasteiger partial charge on any atom is 0.416 e. The van der Waals surface area contributed by atoms with Crippen LogP contribution >= 0.6 is 0 Å². The van der Waals surface area contributed by atoms with Gasteiger partial charge < -0.3 is 9.64 Å². The zero-order chi connectivity index (χ0) is 27.4. The molecule has 0 radical (unpaired) electrons. The Hall–Kier alpha value is -3.81. The summed E-state index contributed by atoms with van der Waals surface area (Å²) in [6, 6.07) is 2.18. The molecule has 1 aromatic carbocycles. The zero-order valence-electron chi connectivity index (χ0n) is 20.3. The Balaban J connectivity index is 1.61. The van der Waals surface area contributed by atoms with Gasteiger partial charge in [-0.3, -0.25) is 0 Å². The van der Waals surface area contributed by atoms with Crippen LogP contribution in [-0.4, -0.2) is 48.9 Å². The smallest absolute Gasteiger partial charge is 0.367 e. The van der Waals surface area contributed by atoms with Crippen LogP contribution in [-0.2, 0) is 10.9 Å². The molecule has 0 bridgehead atoms. The molecule has 1 aliphatic rings. The van der Waals surface area contributed by atoms with Crippen molar-refractivity contribution in [3.63, 3.8) is 0 Å². The van der Waals surface area contributed by atoms with Crippen molar-refractivity contribution in [1.82, 2.24) is 29.7 Å². The van der Waals surface area contributed by atoms with Crippen LogP contribution in [0.4, 0.5) is 32.3 Å². The maximum atomic E-state index is 15.0. The zero-order valence-corrected chi connectivity index (χ0v) is 20.3. The minimum absolute atomic E-state index is 0.0203. The fraction of sp³-hybridized carbons (Fsp3) is 0.375. The molecule has 3 aromatic heterocycles. The number of ether oxygens (including phenoxy) is 1. The van der Waals surface area contributed by atoms with E-state index in [2.05, 4.69) is 25.0 Å². The van der Waals surface area contributed by atoms with Gasteiger partial charge in [0.1, 0.15) is 23.1 Å². The average molecular weight is 537 g/mol.